The highest BCUT2D eigenvalue weighted by Crippen LogP contribution is 2.27. The normalized spacial score (nSPS) is 19.0. The fourth-order valence-electron chi connectivity index (χ4n) is 2.13. The number of anilines is 1. The smallest absolute Gasteiger partial charge is 0.404 e. The van der Waals surface area contributed by atoms with Crippen molar-refractivity contribution in [2.45, 2.75) is 19.4 Å². The summed E-state index contributed by atoms with van der Waals surface area (Å²) in [4.78, 5) is 23.9. The molecule has 1 amide bonds. The minimum Gasteiger partial charge on any atom is -0.465 e. The van der Waals surface area contributed by atoms with Gasteiger partial charge in [-0.05, 0) is 13.3 Å². The van der Waals surface area contributed by atoms with Gasteiger partial charge in [0.05, 0.1) is 17.4 Å². The summed E-state index contributed by atoms with van der Waals surface area (Å²) in [6, 6.07) is -0.155. The van der Waals surface area contributed by atoms with Gasteiger partial charge in [0.25, 0.3) is 5.56 Å². The molecule has 1 aliphatic rings. The molecule has 0 aromatic carbocycles. The lowest BCUT2D eigenvalue weighted by molar-refractivity contribution is 0.191. The number of hydrogen-bond donors (Lipinski definition) is 3. The zero-order valence-electron chi connectivity index (χ0n) is 9.73. The molecule has 8 heteroatoms. The molecule has 0 aliphatic carbocycles. The maximum Gasteiger partial charge on any atom is 0.404 e. The second-order valence-corrected chi connectivity index (χ2v) is 4.56. The lowest BCUT2D eigenvalue weighted by atomic mass is 10.3. The van der Waals surface area contributed by atoms with Gasteiger partial charge >= 0.3 is 6.09 Å². The van der Waals surface area contributed by atoms with E-state index in [0.29, 0.717) is 30.9 Å². The van der Waals surface area contributed by atoms with Gasteiger partial charge in [-0.1, -0.05) is 11.6 Å². The van der Waals surface area contributed by atoms with Crippen molar-refractivity contribution in [2.75, 3.05) is 18.0 Å². The van der Waals surface area contributed by atoms with Crippen LogP contribution in [0.5, 0.6) is 0 Å². The summed E-state index contributed by atoms with van der Waals surface area (Å²) in [5, 5.41) is 17.3. The fourth-order valence-corrected chi connectivity index (χ4v) is 2.42. The average molecular weight is 273 g/mol. The van der Waals surface area contributed by atoms with Crippen LogP contribution in [0.25, 0.3) is 0 Å². The first-order chi connectivity index (χ1) is 8.49. The molecule has 0 saturated carbocycles. The van der Waals surface area contributed by atoms with Gasteiger partial charge in [0.2, 0.25) is 0 Å². The topological polar surface area (TPSA) is 98.3 Å². The van der Waals surface area contributed by atoms with E-state index in [1.807, 2.05) is 4.90 Å². The molecule has 1 saturated heterocycles. The van der Waals surface area contributed by atoms with E-state index in [-0.39, 0.29) is 11.1 Å². The maximum absolute atomic E-state index is 11.4. The first-order valence-electron chi connectivity index (χ1n) is 5.48. The molecule has 2 rings (SSSR count). The van der Waals surface area contributed by atoms with Crippen LogP contribution >= 0.6 is 11.6 Å². The predicted octanol–water partition coefficient (Wildman–Crippen LogP) is 0.578. The van der Waals surface area contributed by atoms with Crippen LogP contribution in [-0.2, 0) is 0 Å². The molecule has 0 spiro atoms. The van der Waals surface area contributed by atoms with E-state index in [1.165, 1.54) is 0 Å². The summed E-state index contributed by atoms with van der Waals surface area (Å²) < 4.78 is 0. The van der Waals surface area contributed by atoms with Crippen molar-refractivity contribution in [2.24, 2.45) is 0 Å². The highest BCUT2D eigenvalue weighted by Gasteiger charge is 2.27. The number of H-pyrrole nitrogens is 1. The molecule has 1 aromatic heterocycles. The zero-order valence-corrected chi connectivity index (χ0v) is 10.5. The number of nitrogens with zero attached hydrogens (tertiary/aromatic N) is 2. The van der Waals surface area contributed by atoms with Crippen LogP contribution in [0, 0.1) is 6.92 Å². The molecule has 0 unspecified atom stereocenters. The summed E-state index contributed by atoms with van der Waals surface area (Å²) in [5.41, 5.74) is 0.762. The summed E-state index contributed by atoms with van der Waals surface area (Å²) in [5.74, 6) is 0. The van der Waals surface area contributed by atoms with Crippen LogP contribution in [0.4, 0.5) is 10.5 Å². The SMILES string of the molecule is Cc1n[nH]c(=O)c(Cl)c1N1CC[C@@H](NC(=O)O)C1. The summed E-state index contributed by atoms with van der Waals surface area (Å²) in [6.07, 6.45) is -0.372. The number of aromatic amines is 1. The molecule has 3 N–H and O–H groups in total. The van der Waals surface area contributed by atoms with Crippen LogP contribution in [0.3, 0.4) is 0 Å². The van der Waals surface area contributed by atoms with E-state index in [0.717, 1.165) is 0 Å². The number of aromatic nitrogens is 2. The molecule has 1 atom stereocenters. The summed E-state index contributed by atoms with van der Waals surface area (Å²) >= 11 is 5.97. The van der Waals surface area contributed by atoms with E-state index in [2.05, 4.69) is 15.5 Å². The first-order valence-corrected chi connectivity index (χ1v) is 5.86. The Hall–Kier alpha value is -1.76. The third kappa shape index (κ3) is 2.40. The second-order valence-electron chi connectivity index (χ2n) is 4.18. The minimum absolute atomic E-state index is 0.0958. The number of halogens is 1. The molecular formula is C10H13ClN4O3. The van der Waals surface area contributed by atoms with Crippen molar-refractivity contribution in [3.05, 3.63) is 21.1 Å². The molecule has 0 bridgehead atoms. The van der Waals surface area contributed by atoms with E-state index in [4.69, 9.17) is 16.7 Å². The Morgan fingerprint density at radius 3 is 3.06 bits per heavy atom. The molecule has 7 nitrogen and oxygen atoms in total. The summed E-state index contributed by atoms with van der Waals surface area (Å²) in [7, 11) is 0. The van der Waals surface area contributed by atoms with Crippen molar-refractivity contribution >= 4 is 23.4 Å². The summed E-state index contributed by atoms with van der Waals surface area (Å²) in [6.45, 7) is 2.86. The molecule has 1 aliphatic heterocycles. The molecule has 2 heterocycles. The Morgan fingerprint density at radius 2 is 2.39 bits per heavy atom. The number of rotatable bonds is 2. The number of carboxylic acid groups (broad SMARTS) is 1. The maximum atomic E-state index is 11.4. The van der Waals surface area contributed by atoms with Crippen LogP contribution in [0.15, 0.2) is 4.79 Å². The van der Waals surface area contributed by atoms with Crippen molar-refractivity contribution < 1.29 is 9.90 Å². The Labute approximate surface area is 108 Å². The van der Waals surface area contributed by atoms with Gasteiger partial charge in [-0.15, -0.1) is 0 Å². The van der Waals surface area contributed by atoms with Gasteiger partial charge in [0.15, 0.2) is 0 Å². The fraction of sp³-hybridized carbons (Fsp3) is 0.500. The van der Waals surface area contributed by atoms with Gasteiger partial charge in [0, 0.05) is 13.1 Å². The molecular weight excluding hydrogens is 260 g/mol. The van der Waals surface area contributed by atoms with Crippen molar-refractivity contribution in [3.63, 3.8) is 0 Å². The molecule has 18 heavy (non-hydrogen) atoms. The number of nitrogens with one attached hydrogen (secondary N) is 2. The van der Waals surface area contributed by atoms with E-state index < -0.39 is 11.7 Å². The van der Waals surface area contributed by atoms with Crippen LogP contribution in [-0.4, -0.2) is 40.5 Å². The lowest BCUT2D eigenvalue weighted by Gasteiger charge is -2.20. The molecule has 0 radical (unpaired) electrons. The van der Waals surface area contributed by atoms with Crippen molar-refractivity contribution in [1.29, 1.82) is 0 Å². The van der Waals surface area contributed by atoms with E-state index >= 15 is 0 Å². The Bertz CT molecular complexity index is 530. The number of hydrogen-bond acceptors (Lipinski definition) is 4. The Balaban J connectivity index is 2.22. The van der Waals surface area contributed by atoms with Gasteiger partial charge in [-0.25, -0.2) is 9.89 Å². The number of amides is 1. The van der Waals surface area contributed by atoms with Crippen LogP contribution in [0.1, 0.15) is 12.1 Å². The molecule has 1 aromatic rings. The highest BCUT2D eigenvalue weighted by molar-refractivity contribution is 6.33. The molecule has 98 valence electrons. The minimum atomic E-state index is -1.05. The van der Waals surface area contributed by atoms with Crippen molar-refractivity contribution in [1.82, 2.24) is 15.5 Å². The largest absolute Gasteiger partial charge is 0.465 e. The first kappa shape index (κ1) is 12.7. The third-order valence-corrected chi connectivity index (χ3v) is 3.26. The predicted molar refractivity (Wildman–Crippen MR) is 66.4 cm³/mol. The quantitative estimate of drug-likeness (QED) is 0.731. The zero-order chi connectivity index (χ0) is 13.3. The van der Waals surface area contributed by atoms with E-state index in [9.17, 15) is 9.59 Å². The molecule has 1 fully saturated rings. The lowest BCUT2D eigenvalue weighted by Crippen LogP contribution is -2.36. The second kappa shape index (κ2) is 4.85. The monoisotopic (exact) mass is 272 g/mol. The van der Waals surface area contributed by atoms with Gasteiger partial charge in [-0.2, -0.15) is 5.10 Å². The third-order valence-electron chi connectivity index (χ3n) is 2.91. The van der Waals surface area contributed by atoms with E-state index in [1.54, 1.807) is 6.92 Å². The Kier molecular flexibility index (Phi) is 3.42. The Morgan fingerprint density at radius 1 is 1.67 bits per heavy atom. The number of aryl methyl sites for hydroxylation is 1. The van der Waals surface area contributed by atoms with Crippen LogP contribution < -0.4 is 15.8 Å². The highest BCUT2D eigenvalue weighted by atomic mass is 35.5. The number of carbonyl (C=O) groups is 1. The van der Waals surface area contributed by atoms with Gasteiger partial charge < -0.3 is 15.3 Å². The van der Waals surface area contributed by atoms with Gasteiger partial charge in [0.1, 0.15) is 5.02 Å². The van der Waals surface area contributed by atoms with Crippen LogP contribution in [0.2, 0.25) is 5.02 Å². The standard InChI is InChI=1S/C10H13ClN4O3/c1-5-8(7(11)9(16)14-13-5)15-3-2-6(4-15)12-10(17)18/h6,12H,2-4H2,1H3,(H,14,16)(H,17,18)/t6-/m1/s1. The average Bonchev–Trinajstić information content (AvgIpc) is 2.71. The van der Waals surface area contributed by atoms with Crippen molar-refractivity contribution in [3.8, 4) is 0 Å². The van der Waals surface area contributed by atoms with Gasteiger partial charge in [-0.3, -0.25) is 4.79 Å².